The summed E-state index contributed by atoms with van der Waals surface area (Å²) >= 11 is 0. The highest BCUT2D eigenvalue weighted by molar-refractivity contribution is 5.72. The Morgan fingerprint density at radius 3 is 3.14 bits per heavy atom. The molecule has 3 atom stereocenters. The van der Waals surface area contributed by atoms with Crippen LogP contribution in [0.5, 0.6) is 0 Å². The molecule has 4 heteroatoms. The van der Waals surface area contributed by atoms with E-state index in [4.69, 9.17) is 14.2 Å². The van der Waals surface area contributed by atoms with Crippen molar-refractivity contribution in [2.45, 2.75) is 37.9 Å². The third-order valence-electron chi connectivity index (χ3n) is 3.02. The summed E-state index contributed by atoms with van der Waals surface area (Å²) < 4.78 is 15.6. The minimum atomic E-state index is -0.0760. The van der Waals surface area contributed by atoms with Crippen molar-refractivity contribution in [3.63, 3.8) is 0 Å². The number of carbonyl (C=O) groups excluding carboxylic acids is 1. The summed E-state index contributed by atoms with van der Waals surface area (Å²) in [5.74, 6) is 0.180. The van der Waals surface area contributed by atoms with Crippen molar-refractivity contribution in [1.29, 1.82) is 0 Å². The van der Waals surface area contributed by atoms with Gasteiger partial charge in [0.2, 0.25) is 0 Å². The van der Waals surface area contributed by atoms with Crippen molar-refractivity contribution in [3.05, 3.63) is 0 Å². The SMILES string of the molecule is COCO[C@@H]1CCC[C@H]2OC(=O)C[C@@H]12. The fraction of sp³-hybridized carbons (Fsp3) is 0.900. The van der Waals surface area contributed by atoms with Crippen LogP contribution in [0.2, 0.25) is 0 Å². The predicted octanol–water partition coefficient (Wildman–Crippen LogP) is 1.09. The summed E-state index contributed by atoms with van der Waals surface area (Å²) in [7, 11) is 1.61. The molecular formula is C10H16O4. The second-order valence-corrected chi connectivity index (χ2v) is 3.94. The van der Waals surface area contributed by atoms with E-state index in [2.05, 4.69) is 0 Å². The van der Waals surface area contributed by atoms with E-state index in [0.717, 1.165) is 19.3 Å². The molecule has 14 heavy (non-hydrogen) atoms. The molecule has 1 saturated carbocycles. The van der Waals surface area contributed by atoms with Crippen molar-refractivity contribution in [1.82, 2.24) is 0 Å². The van der Waals surface area contributed by atoms with Crippen LogP contribution in [0, 0.1) is 5.92 Å². The second-order valence-electron chi connectivity index (χ2n) is 3.94. The molecule has 0 aromatic heterocycles. The first-order valence-electron chi connectivity index (χ1n) is 5.11. The first-order chi connectivity index (χ1) is 6.81. The van der Waals surface area contributed by atoms with Gasteiger partial charge in [-0.25, -0.2) is 0 Å². The number of esters is 1. The third-order valence-corrected chi connectivity index (χ3v) is 3.02. The Bertz CT molecular complexity index is 216. The van der Waals surface area contributed by atoms with Crippen molar-refractivity contribution in [3.8, 4) is 0 Å². The number of hydrogen-bond acceptors (Lipinski definition) is 4. The first-order valence-corrected chi connectivity index (χ1v) is 5.11. The lowest BCUT2D eigenvalue weighted by molar-refractivity contribution is -0.143. The maximum Gasteiger partial charge on any atom is 0.306 e. The summed E-state index contributed by atoms with van der Waals surface area (Å²) in [5.41, 5.74) is 0. The molecule has 0 amide bonds. The molecule has 1 saturated heterocycles. The van der Waals surface area contributed by atoms with Crippen LogP contribution in [-0.2, 0) is 19.0 Å². The smallest absolute Gasteiger partial charge is 0.306 e. The number of rotatable bonds is 3. The lowest BCUT2D eigenvalue weighted by Gasteiger charge is -2.31. The minimum absolute atomic E-state index is 0.0760. The Morgan fingerprint density at radius 2 is 2.36 bits per heavy atom. The van der Waals surface area contributed by atoms with E-state index in [-0.39, 0.29) is 24.1 Å². The topological polar surface area (TPSA) is 44.8 Å². The largest absolute Gasteiger partial charge is 0.462 e. The highest BCUT2D eigenvalue weighted by Gasteiger charge is 2.42. The zero-order valence-corrected chi connectivity index (χ0v) is 8.40. The Labute approximate surface area is 83.5 Å². The molecular weight excluding hydrogens is 184 g/mol. The maximum atomic E-state index is 11.1. The van der Waals surface area contributed by atoms with Gasteiger partial charge in [-0.2, -0.15) is 0 Å². The molecule has 0 aromatic carbocycles. The number of methoxy groups -OCH3 is 1. The lowest BCUT2D eigenvalue weighted by Crippen LogP contribution is -2.35. The van der Waals surface area contributed by atoms with Gasteiger partial charge in [0.25, 0.3) is 0 Å². The molecule has 1 aliphatic carbocycles. The molecule has 2 fully saturated rings. The predicted molar refractivity (Wildman–Crippen MR) is 48.6 cm³/mol. The van der Waals surface area contributed by atoms with Gasteiger partial charge >= 0.3 is 5.97 Å². The fourth-order valence-corrected chi connectivity index (χ4v) is 2.37. The lowest BCUT2D eigenvalue weighted by atomic mass is 9.83. The second kappa shape index (κ2) is 4.28. The van der Waals surface area contributed by atoms with E-state index in [1.54, 1.807) is 7.11 Å². The average molecular weight is 200 g/mol. The van der Waals surface area contributed by atoms with Crippen LogP contribution in [-0.4, -0.2) is 32.1 Å². The van der Waals surface area contributed by atoms with Crippen LogP contribution in [0.25, 0.3) is 0 Å². The van der Waals surface area contributed by atoms with Gasteiger partial charge in [0.1, 0.15) is 12.9 Å². The van der Waals surface area contributed by atoms with Crippen molar-refractivity contribution in [2.24, 2.45) is 5.92 Å². The summed E-state index contributed by atoms with van der Waals surface area (Å²) in [6.07, 6.45) is 3.82. The highest BCUT2D eigenvalue weighted by atomic mass is 16.7. The van der Waals surface area contributed by atoms with E-state index >= 15 is 0 Å². The summed E-state index contributed by atoms with van der Waals surface area (Å²) in [6.45, 7) is 0.308. The molecule has 80 valence electrons. The molecule has 0 bridgehead atoms. The monoisotopic (exact) mass is 200 g/mol. The van der Waals surface area contributed by atoms with Crippen molar-refractivity contribution < 1.29 is 19.0 Å². The quantitative estimate of drug-likeness (QED) is 0.505. The van der Waals surface area contributed by atoms with Gasteiger partial charge in [0, 0.05) is 13.0 Å². The van der Waals surface area contributed by atoms with Crippen LogP contribution in [0.1, 0.15) is 25.7 Å². The molecule has 2 rings (SSSR count). The molecule has 0 spiro atoms. The van der Waals surface area contributed by atoms with Gasteiger partial charge in [-0.3, -0.25) is 4.79 Å². The molecule has 1 heterocycles. The summed E-state index contributed by atoms with van der Waals surface area (Å²) in [5, 5.41) is 0. The standard InChI is InChI=1S/C10H16O4/c1-12-6-13-8-3-2-4-9-7(8)5-10(11)14-9/h7-9H,2-6H2,1H3/t7-,8+,9+/m0/s1. The normalized spacial score (nSPS) is 36.6. The Hall–Kier alpha value is -0.610. The van der Waals surface area contributed by atoms with E-state index in [9.17, 15) is 4.79 Å². The van der Waals surface area contributed by atoms with Crippen molar-refractivity contribution in [2.75, 3.05) is 13.9 Å². The zero-order valence-electron chi connectivity index (χ0n) is 8.40. The van der Waals surface area contributed by atoms with Crippen LogP contribution < -0.4 is 0 Å². The summed E-state index contributed by atoms with van der Waals surface area (Å²) in [4.78, 5) is 11.1. The van der Waals surface area contributed by atoms with Gasteiger partial charge in [0.05, 0.1) is 12.5 Å². The fourth-order valence-electron chi connectivity index (χ4n) is 2.37. The van der Waals surface area contributed by atoms with Crippen LogP contribution in [0.3, 0.4) is 0 Å². The number of hydrogen-bond donors (Lipinski definition) is 0. The van der Waals surface area contributed by atoms with E-state index < -0.39 is 0 Å². The Balaban J connectivity index is 1.93. The summed E-state index contributed by atoms with van der Waals surface area (Å²) in [6, 6.07) is 0. The first kappa shape index (κ1) is 9.93. The molecule has 4 nitrogen and oxygen atoms in total. The highest BCUT2D eigenvalue weighted by Crippen LogP contribution is 2.36. The number of carbonyl (C=O) groups is 1. The molecule has 2 aliphatic rings. The Kier molecular flexibility index (Phi) is 3.03. The molecule has 0 unspecified atom stereocenters. The van der Waals surface area contributed by atoms with Crippen LogP contribution >= 0.6 is 0 Å². The van der Waals surface area contributed by atoms with Gasteiger partial charge in [0.15, 0.2) is 0 Å². The molecule has 0 N–H and O–H groups in total. The molecule has 1 aliphatic heterocycles. The molecule has 0 aromatic rings. The van der Waals surface area contributed by atoms with Gasteiger partial charge in [-0.15, -0.1) is 0 Å². The third kappa shape index (κ3) is 1.91. The van der Waals surface area contributed by atoms with Gasteiger partial charge in [-0.1, -0.05) is 0 Å². The van der Waals surface area contributed by atoms with E-state index in [1.807, 2.05) is 0 Å². The number of fused-ring (bicyclic) bond motifs is 1. The van der Waals surface area contributed by atoms with Crippen LogP contribution in [0.4, 0.5) is 0 Å². The zero-order chi connectivity index (χ0) is 9.97. The van der Waals surface area contributed by atoms with Gasteiger partial charge in [-0.05, 0) is 19.3 Å². The van der Waals surface area contributed by atoms with E-state index in [0.29, 0.717) is 13.2 Å². The maximum absolute atomic E-state index is 11.1. The van der Waals surface area contributed by atoms with Gasteiger partial charge < -0.3 is 14.2 Å². The van der Waals surface area contributed by atoms with Crippen molar-refractivity contribution >= 4 is 5.97 Å². The number of ether oxygens (including phenoxy) is 3. The van der Waals surface area contributed by atoms with E-state index in [1.165, 1.54) is 0 Å². The van der Waals surface area contributed by atoms with Crippen LogP contribution in [0.15, 0.2) is 0 Å². The molecule has 0 radical (unpaired) electrons. The average Bonchev–Trinajstić information content (AvgIpc) is 2.55. The Morgan fingerprint density at radius 1 is 1.50 bits per heavy atom. The minimum Gasteiger partial charge on any atom is -0.462 e.